The Morgan fingerprint density at radius 1 is 1.28 bits per heavy atom. The maximum Gasteiger partial charge on any atom is 0.258 e. The fraction of sp³-hybridized carbons (Fsp3) is 1.00. The molecule has 0 aromatic heterocycles. The summed E-state index contributed by atoms with van der Waals surface area (Å²) in [5.41, 5.74) is -1.08. The second-order valence-electron chi connectivity index (χ2n) is 5.88. The van der Waals surface area contributed by atoms with Gasteiger partial charge in [-0.2, -0.15) is 0 Å². The fourth-order valence-corrected chi connectivity index (χ4v) is 3.17. The van der Waals surface area contributed by atoms with Gasteiger partial charge < -0.3 is 14.4 Å². The van der Waals surface area contributed by atoms with Gasteiger partial charge in [-0.3, -0.25) is 0 Å². The van der Waals surface area contributed by atoms with Crippen molar-refractivity contribution in [1.82, 2.24) is 4.90 Å². The van der Waals surface area contributed by atoms with Crippen LogP contribution in [0.2, 0.25) is 0 Å². The summed E-state index contributed by atoms with van der Waals surface area (Å²) in [6, 6.07) is 0. The molecule has 1 saturated heterocycles. The average molecular weight is 265 g/mol. The Morgan fingerprint density at radius 2 is 1.89 bits per heavy atom. The standard InChI is InChI=1S/C12H18F3NO2/c1-17-7-18-6-11(4-12(11,14)15)5-16-2-8-9(3-16)10(8)13/h8-10H,2-7H2,1H3/t8-,9+,10?,11-/m1/s1. The van der Waals surface area contributed by atoms with Crippen LogP contribution in [0, 0.1) is 17.3 Å². The van der Waals surface area contributed by atoms with Crippen LogP contribution >= 0.6 is 0 Å². The number of likely N-dealkylation sites (tertiary alicyclic amines) is 1. The van der Waals surface area contributed by atoms with Gasteiger partial charge >= 0.3 is 0 Å². The van der Waals surface area contributed by atoms with Crippen molar-refractivity contribution in [2.45, 2.75) is 18.5 Å². The molecule has 0 N–H and O–H groups in total. The number of ether oxygens (including phenoxy) is 2. The van der Waals surface area contributed by atoms with E-state index in [1.165, 1.54) is 7.11 Å². The minimum absolute atomic E-state index is 0.0126. The smallest absolute Gasteiger partial charge is 0.258 e. The normalized spacial score (nSPS) is 45.0. The van der Waals surface area contributed by atoms with Gasteiger partial charge in [0.2, 0.25) is 0 Å². The van der Waals surface area contributed by atoms with E-state index in [1.54, 1.807) is 0 Å². The first-order valence-corrected chi connectivity index (χ1v) is 6.30. The van der Waals surface area contributed by atoms with Gasteiger partial charge in [-0.05, 0) is 0 Å². The third kappa shape index (κ3) is 1.94. The second kappa shape index (κ2) is 4.08. The maximum atomic E-state index is 13.5. The third-order valence-electron chi connectivity index (χ3n) is 4.48. The van der Waals surface area contributed by atoms with Crippen LogP contribution in [0.5, 0.6) is 0 Å². The first-order valence-electron chi connectivity index (χ1n) is 6.30. The van der Waals surface area contributed by atoms with Crippen LogP contribution in [0.3, 0.4) is 0 Å². The lowest BCUT2D eigenvalue weighted by Crippen LogP contribution is -2.36. The number of hydrogen-bond donors (Lipinski definition) is 0. The summed E-state index contributed by atoms with van der Waals surface area (Å²) in [6.45, 7) is 1.60. The average Bonchev–Trinajstić information content (AvgIpc) is 2.97. The van der Waals surface area contributed by atoms with Crippen molar-refractivity contribution in [3.8, 4) is 0 Å². The van der Waals surface area contributed by atoms with E-state index in [-0.39, 0.29) is 31.7 Å². The number of piperidine rings is 1. The largest absolute Gasteiger partial charge is 0.359 e. The van der Waals surface area contributed by atoms with Crippen LogP contribution in [-0.4, -0.2) is 57.1 Å². The van der Waals surface area contributed by atoms with Gasteiger partial charge in [0.25, 0.3) is 5.92 Å². The Kier molecular flexibility index (Phi) is 2.88. The van der Waals surface area contributed by atoms with Crippen LogP contribution in [0.25, 0.3) is 0 Å². The molecule has 3 rings (SSSR count). The molecule has 0 radical (unpaired) electrons. The first kappa shape index (κ1) is 12.7. The molecule has 0 amide bonds. The van der Waals surface area contributed by atoms with Crippen LogP contribution in [-0.2, 0) is 9.47 Å². The molecule has 2 saturated carbocycles. The molecule has 1 heterocycles. The Morgan fingerprint density at radius 3 is 2.39 bits per heavy atom. The number of fused-ring (bicyclic) bond motifs is 1. The molecule has 2 aliphatic carbocycles. The van der Waals surface area contributed by atoms with E-state index < -0.39 is 17.5 Å². The topological polar surface area (TPSA) is 21.7 Å². The lowest BCUT2D eigenvalue weighted by molar-refractivity contribution is -0.0724. The number of alkyl halides is 3. The molecule has 0 aromatic carbocycles. The number of hydrogen-bond acceptors (Lipinski definition) is 3. The molecule has 0 aromatic rings. The van der Waals surface area contributed by atoms with Crippen molar-refractivity contribution in [1.29, 1.82) is 0 Å². The van der Waals surface area contributed by atoms with Gasteiger partial charge in [-0.1, -0.05) is 0 Å². The van der Waals surface area contributed by atoms with E-state index in [0.717, 1.165) is 0 Å². The highest BCUT2D eigenvalue weighted by atomic mass is 19.3. The molecule has 104 valence electrons. The number of rotatable bonds is 6. The van der Waals surface area contributed by atoms with E-state index in [2.05, 4.69) is 0 Å². The Balaban J connectivity index is 1.52. The third-order valence-corrected chi connectivity index (χ3v) is 4.48. The monoisotopic (exact) mass is 265 g/mol. The summed E-state index contributed by atoms with van der Waals surface area (Å²) in [5, 5.41) is 0. The van der Waals surface area contributed by atoms with Crippen molar-refractivity contribution in [2.75, 3.05) is 40.1 Å². The van der Waals surface area contributed by atoms with Crippen molar-refractivity contribution < 1.29 is 22.6 Å². The van der Waals surface area contributed by atoms with Crippen molar-refractivity contribution in [2.24, 2.45) is 17.3 Å². The van der Waals surface area contributed by atoms with E-state index in [1.807, 2.05) is 4.90 Å². The lowest BCUT2D eigenvalue weighted by Gasteiger charge is -2.25. The highest BCUT2D eigenvalue weighted by Gasteiger charge is 2.72. The highest BCUT2D eigenvalue weighted by molar-refractivity contribution is 5.14. The second-order valence-corrected chi connectivity index (χ2v) is 5.88. The summed E-state index contributed by atoms with van der Waals surface area (Å²) in [6.07, 6.45) is -0.823. The van der Waals surface area contributed by atoms with Crippen molar-refractivity contribution >= 4 is 0 Å². The molecular weight excluding hydrogens is 247 g/mol. The van der Waals surface area contributed by atoms with Crippen LogP contribution in [0.1, 0.15) is 6.42 Å². The number of halogens is 3. The quantitative estimate of drug-likeness (QED) is 0.537. The minimum atomic E-state index is -2.65. The minimum Gasteiger partial charge on any atom is -0.359 e. The number of nitrogens with zero attached hydrogens (tertiary/aromatic N) is 1. The molecule has 1 aliphatic heterocycles. The van der Waals surface area contributed by atoms with E-state index in [0.29, 0.717) is 19.6 Å². The molecular formula is C12H18F3NO2. The SMILES string of the molecule is COCOC[C@]1(CN2C[C@@H]3C(F)[C@@H]3C2)CC1(F)F. The van der Waals surface area contributed by atoms with Crippen molar-refractivity contribution in [3.05, 3.63) is 0 Å². The molecule has 0 bridgehead atoms. The lowest BCUT2D eigenvalue weighted by atomic mass is 10.1. The Labute approximate surface area is 104 Å². The molecule has 1 unspecified atom stereocenters. The predicted octanol–water partition coefficient (Wildman–Crippen LogP) is 1.53. The van der Waals surface area contributed by atoms with E-state index >= 15 is 0 Å². The maximum absolute atomic E-state index is 13.5. The molecule has 6 heteroatoms. The molecule has 4 atom stereocenters. The number of methoxy groups -OCH3 is 1. The molecule has 0 spiro atoms. The van der Waals surface area contributed by atoms with Crippen LogP contribution in [0.15, 0.2) is 0 Å². The van der Waals surface area contributed by atoms with E-state index in [4.69, 9.17) is 9.47 Å². The van der Waals surface area contributed by atoms with Gasteiger partial charge in [0.05, 0.1) is 12.0 Å². The van der Waals surface area contributed by atoms with Gasteiger partial charge in [-0.15, -0.1) is 0 Å². The summed E-state index contributed by atoms with van der Waals surface area (Å²) in [4.78, 5) is 1.96. The fourth-order valence-electron chi connectivity index (χ4n) is 3.17. The van der Waals surface area contributed by atoms with Gasteiger partial charge in [0.15, 0.2) is 0 Å². The van der Waals surface area contributed by atoms with Crippen LogP contribution < -0.4 is 0 Å². The zero-order chi connectivity index (χ0) is 13.0. The summed E-state index contributed by atoms with van der Waals surface area (Å²) in [5.74, 6) is -2.47. The van der Waals surface area contributed by atoms with Gasteiger partial charge in [-0.25, -0.2) is 13.2 Å². The molecule has 3 nitrogen and oxygen atoms in total. The summed E-state index contributed by atoms with van der Waals surface area (Å²) >= 11 is 0. The zero-order valence-corrected chi connectivity index (χ0v) is 10.4. The Hall–Kier alpha value is -0.330. The predicted molar refractivity (Wildman–Crippen MR) is 58.1 cm³/mol. The van der Waals surface area contributed by atoms with Gasteiger partial charge in [0.1, 0.15) is 13.0 Å². The summed E-state index contributed by atoms with van der Waals surface area (Å²) in [7, 11) is 1.47. The first-order chi connectivity index (χ1) is 8.49. The van der Waals surface area contributed by atoms with E-state index in [9.17, 15) is 13.2 Å². The van der Waals surface area contributed by atoms with Crippen molar-refractivity contribution in [3.63, 3.8) is 0 Å². The summed E-state index contributed by atoms with van der Waals surface area (Å²) < 4.78 is 49.8. The Bertz CT molecular complexity index is 329. The molecule has 18 heavy (non-hydrogen) atoms. The van der Waals surface area contributed by atoms with Gasteiger partial charge in [0, 0.05) is 45.0 Å². The zero-order valence-electron chi connectivity index (χ0n) is 10.4. The molecule has 3 fully saturated rings. The highest BCUT2D eigenvalue weighted by Crippen LogP contribution is 2.62. The molecule has 3 aliphatic rings. The van der Waals surface area contributed by atoms with Crippen LogP contribution in [0.4, 0.5) is 13.2 Å².